The van der Waals surface area contributed by atoms with E-state index < -0.39 is 12.2 Å². The van der Waals surface area contributed by atoms with E-state index in [1.54, 1.807) is 0 Å². The molecule has 0 aromatic rings. The third-order valence-corrected chi connectivity index (χ3v) is 8.45. The van der Waals surface area contributed by atoms with Crippen LogP contribution in [0.1, 0.15) is 72.1 Å². The molecule has 0 amide bonds. The van der Waals surface area contributed by atoms with Crippen molar-refractivity contribution in [2.75, 3.05) is 86.5 Å². The number of hydrogen-bond acceptors (Lipinski definition) is 10. The van der Waals surface area contributed by atoms with Crippen LogP contribution in [-0.2, 0) is 18.9 Å². The summed E-state index contributed by atoms with van der Waals surface area (Å²) in [6.45, 7) is 11.9. The van der Waals surface area contributed by atoms with Gasteiger partial charge in [0, 0.05) is 38.2 Å². The molecule has 0 bridgehead atoms. The molecule has 0 radical (unpaired) electrons. The number of aliphatic hydroxyl groups excluding tert-OH is 4. The van der Waals surface area contributed by atoms with Crippen molar-refractivity contribution in [3.05, 3.63) is 0 Å². The summed E-state index contributed by atoms with van der Waals surface area (Å²) in [4.78, 5) is 4.33. The van der Waals surface area contributed by atoms with E-state index in [1.165, 1.54) is 0 Å². The molecule has 10 heteroatoms. The smallest absolute Gasteiger partial charge is 0.104 e. The molecular formula is C32H64N2O8. The van der Waals surface area contributed by atoms with Gasteiger partial charge in [-0.1, -0.05) is 13.8 Å². The first kappa shape index (κ1) is 37.8. The van der Waals surface area contributed by atoms with Crippen LogP contribution in [0.15, 0.2) is 0 Å². The SMILES string of the molecule is CCOCC(COCC(C)(C)COCC(O)CN(C)CC1CCC(O)CC1)OCC(O)CN(C)CC1CCC(O)CC1. The molecule has 0 heterocycles. The molecule has 4 N–H and O–H groups in total. The molecule has 0 saturated heterocycles. The molecule has 0 spiro atoms. The lowest BCUT2D eigenvalue weighted by Crippen LogP contribution is -2.38. The Bertz CT molecular complexity index is 671. The van der Waals surface area contributed by atoms with E-state index in [9.17, 15) is 20.4 Å². The maximum absolute atomic E-state index is 10.6. The summed E-state index contributed by atoms with van der Waals surface area (Å²) in [6.07, 6.45) is 5.99. The molecule has 250 valence electrons. The zero-order chi connectivity index (χ0) is 31.0. The van der Waals surface area contributed by atoms with Crippen LogP contribution < -0.4 is 0 Å². The largest absolute Gasteiger partial charge is 0.393 e. The minimum absolute atomic E-state index is 0.139. The molecular weight excluding hydrogens is 540 g/mol. The summed E-state index contributed by atoms with van der Waals surface area (Å²) in [5.74, 6) is 1.16. The van der Waals surface area contributed by atoms with Crippen LogP contribution >= 0.6 is 0 Å². The van der Waals surface area contributed by atoms with E-state index in [0.29, 0.717) is 58.0 Å². The molecule has 2 saturated carbocycles. The van der Waals surface area contributed by atoms with Crippen molar-refractivity contribution in [2.45, 2.75) is 103 Å². The fraction of sp³-hybridized carbons (Fsp3) is 1.00. The lowest BCUT2D eigenvalue weighted by atomic mass is 9.87. The molecule has 3 atom stereocenters. The van der Waals surface area contributed by atoms with Crippen molar-refractivity contribution in [2.24, 2.45) is 17.3 Å². The normalized spacial score (nSPS) is 26.1. The van der Waals surface area contributed by atoms with Gasteiger partial charge in [0.25, 0.3) is 0 Å². The number of nitrogens with zero attached hydrogens (tertiary/aromatic N) is 2. The molecule has 0 aliphatic heterocycles. The van der Waals surface area contributed by atoms with E-state index in [2.05, 4.69) is 23.6 Å². The van der Waals surface area contributed by atoms with E-state index in [1.807, 2.05) is 21.0 Å². The maximum atomic E-state index is 10.6. The Hall–Kier alpha value is -0.400. The van der Waals surface area contributed by atoms with Gasteiger partial charge in [0.1, 0.15) is 6.10 Å². The molecule has 2 fully saturated rings. The van der Waals surface area contributed by atoms with E-state index in [4.69, 9.17) is 18.9 Å². The lowest BCUT2D eigenvalue weighted by Gasteiger charge is -2.31. The van der Waals surface area contributed by atoms with Crippen LogP contribution in [0.25, 0.3) is 0 Å². The van der Waals surface area contributed by atoms with Gasteiger partial charge in [-0.3, -0.25) is 0 Å². The topological polar surface area (TPSA) is 124 Å². The summed E-state index contributed by atoms with van der Waals surface area (Å²) >= 11 is 0. The van der Waals surface area contributed by atoms with Crippen molar-refractivity contribution < 1.29 is 39.4 Å². The van der Waals surface area contributed by atoms with Crippen LogP contribution in [0.3, 0.4) is 0 Å². The molecule has 0 aromatic carbocycles. The first-order chi connectivity index (χ1) is 20.0. The second-order valence-electron chi connectivity index (χ2n) is 13.9. The monoisotopic (exact) mass is 604 g/mol. The fourth-order valence-electron chi connectivity index (χ4n) is 6.13. The molecule has 2 aliphatic carbocycles. The van der Waals surface area contributed by atoms with Crippen molar-refractivity contribution in [1.82, 2.24) is 9.80 Å². The van der Waals surface area contributed by atoms with Gasteiger partial charge in [-0.15, -0.1) is 0 Å². The van der Waals surface area contributed by atoms with Crippen molar-refractivity contribution in [1.29, 1.82) is 0 Å². The molecule has 10 nitrogen and oxygen atoms in total. The van der Waals surface area contributed by atoms with Crippen LogP contribution in [0.5, 0.6) is 0 Å². The molecule has 2 aliphatic rings. The minimum Gasteiger partial charge on any atom is -0.393 e. The van der Waals surface area contributed by atoms with Gasteiger partial charge in [0.15, 0.2) is 0 Å². The number of hydrogen-bond donors (Lipinski definition) is 4. The minimum atomic E-state index is -0.598. The van der Waals surface area contributed by atoms with Gasteiger partial charge in [-0.05, 0) is 84.2 Å². The van der Waals surface area contributed by atoms with Crippen molar-refractivity contribution in [3.63, 3.8) is 0 Å². The number of rotatable bonds is 22. The van der Waals surface area contributed by atoms with Crippen LogP contribution in [0.4, 0.5) is 0 Å². The average Bonchev–Trinajstić information content (AvgIpc) is 2.92. The van der Waals surface area contributed by atoms with Crippen molar-refractivity contribution in [3.8, 4) is 0 Å². The van der Waals surface area contributed by atoms with Gasteiger partial charge >= 0.3 is 0 Å². The van der Waals surface area contributed by atoms with E-state index in [0.717, 1.165) is 64.5 Å². The Morgan fingerprint density at radius 3 is 1.57 bits per heavy atom. The first-order valence-corrected chi connectivity index (χ1v) is 16.4. The van der Waals surface area contributed by atoms with Crippen LogP contribution in [-0.4, -0.2) is 147 Å². The second-order valence-corrected chi connectivity index (χ2v) is 13.9. The first-order valence-electron chi connectivity index (χ1n) is 16.4. The summed E-state index contributed by atoms with van der Waals surface area (Å²) in [5, 5.41) is 40.5. The fourth-order valence-corrected chi connectivity index (χ4v) is 6.13. The molecule has 0 aromatic heterocycles. The highest BCUT2D eigenvalue weighted by atomic mass is 16.6. The third kappa shape index (κ3) is 17.2. The average molecular weight is 605 g/mol. The number of likely N-dealkylation sites (N-methyl/N-ethyl adjacent to an activating group) is 2. The molecule has 2 rings (SSSR count). The Balaban J connectivity index is 1.60. The standard InChI is InChI=1S/C32H64N2O8/c1-6-39-21-31(42-20-30(38)18-34(5)16-26-9-13-28(36)14-10-26)22-41-24-32(2,3)23-40-19-29(37)17-33(4)15-25-7-11-27(35)12-8-25/h25-31,35-38H,6-24H2,1-5H3. The predicted molar refractivity (Wildman–Crippen MR) is 165 cm³/mol. The highest BCUT2D eigenvalue weighted by Gasteiger charge is 2.24. The Morgan fingerprint density at radius 2 is 1.10 bits per heavy atom. The summed E-state index contributed by atoms with van der Waals surface area (Å²) in [7, 11) is 4.06. The Morgan fingerprint density at radius 1 is 0.667 bits per heavy atom. The Labute approximate surface area is 255 Å². The summed E-state index contributed by atoms with van der Waals surface area (Å²) in [5.41, 5.74) is -0.234. The van der Waals surface area contributed by atoms with Crippen LogP contribution in [0, 0.1) is 17.3 Å². The zero-order valence-corrected chi connectivity index (χ0v) is 27.3. The number of aliphatic hydroxyl groups is 4. The second kappa shape index (κ2) is 20.6. The molecule has 42 heavy (non-hydrogen) atoms. The van der Waals surface area contributed by atoms with Gasteiger partial charge < -0.3 is 49.2 Å². The number of ether oxygens (including phenoxy) is 4. The Kier molecular flexibility index (Phi) is 18.5. The lowest BCUT2D eigenvalue weighted by molar-refractivity contribution is -0.0977. The predicted octanol–water partition coefficient (Wildman–Crippen LogP) is 2.16. The van der Waals surface area contributed by atoms with Gasteiger partial charge in [-0.25, -0.2) is 0 Å². The van der Waals surface area contributed by atoms with Gasteiger partial charge in [0.2, 0.25) is 0 Å². The highest BCUT2D eigenvalue weighted by molar-refractivity contribution is 4.76. The highest BCUT2D eigenvalue weighted by Crippen LogP contribution is 2.25. The quantitative estimate of drug-likeness (QED) is 0.146. The molecule has 3 unspecified atom stereocenters. The van der Waals surface area contributed by atoms with E-state index >= 15 is 0 Å². The van der Waals surface area contributed by atoms with Gasteiger partial charge in [0.05, 0.1) is 64.1 Å². The third-order valence-electron chi connectivity index (χ3n) is 8.45. The maximum Gasteiger partial charge on any atom is 0.104 e. The van der Waals surface area contributed by atoms with Crippen molar-refractivity contribution >= 4 is 0 Å². The zero-order valence-electron chi connectivity index (χ0n) is 27.3. The van der Waals surface area contributed by atoms with Crippen LogP contribution in [0.2, 0.25) is 0 Å². The summed E-state index contributed by atoms with van der Waals surface area (Å²) in [6, 6.07) is 0. The summed E-state index contributed by atoms with van der Waals surface area (Å²) < 4.78 is 23.5. The van der Waals surface area contributed by atoms with Gasteiger partial charge in [-0.2, -0.15) is 0 Å². The van der Waals surface area contributed by atoms with E-state index in [-0.39, 0.29) is 36.9 Å².